The standard InChI is InChI=1S/C11H13ClN2O2/c1-8-10(12)5-4-9(6-7-13(2)3)11(8)14(15)16/h4-7H,1-3H3/b7-6+. The average Bonchev–Trinajstić information content (AvgIpc) is 2.19. The first kappa shape index (κ1) is 12.5. The molecule has 0 unspecified atom stereocenters. The first-order valence-electron chi connectivity index (χ1n) is 4.71. The molecule has 0 N–H and O–H groups in total. The van der Waals surface area contributed by atoms with Crippen LogP contribution in [0, 0.1) is 17.0 Å². The number of benzene rings is 1. The van der Waals surface area contributed by atoms with Crippen molar-refractivity contribution in [2.45, 2.75) is 6.92 Å². The molecule has 0 saturated carbocycles. The third-order valence-corrected chi connectivity index (χ3v) is 2.54. The molecule has 0 aromatic heterocycles. The van der Waals surface area contributed by atoms with Gasteiger partial charge in [0, 0.05) is 19.7 Å². The molecule has 1 rings (SSSR count). The molecule has 0 aliphatic carbocycles. The van der Waals surface area contributed by atoms with Crippen molar-refractivity contribution in [2.75, 3.05) is 14.1 Å². The zero-order valence-corrected chi connectivity index (χ0v) is 10.2. The summed E-state index contributed by atoms with van der Waals surface area (Å²) in [6.07, 6.45) is 3.46. The van der Waals surface area contributed by atoms with Crippen LogP contribution in [0.4, 0.5) is 5.69 Å². The van der Waals surface area contributed by atoms with Gasteiger partial charge >= 0.3 is 0 Å². The Bertz CT molecular complexity index is 442. The maximum absolute atomic E-state index is 10.9. The van der Waals surface area contributed by atoms with E-state index in [2.05, 4.69) is 0 Å². The van der Waals surface area contributed by atoms with E-state index in [1.165, 1.54) is 0 Å². The highest BCUT2D eigenvalue weighted by Gasteiger charge is 2.17. The molecule has 0 bridgehead atoms. The van der Waals surface area contributed by atoms with Crippen molar-refractivity contribution in [3.8, 4) is 0 Å². The minimum Gasteiger partial charge on any atom is -0.383 e. The average molecular weight is 241 g/mol. The summed E-state index contributed by atoms with van der Waals surface area (Å²) in [5.74, 6) is 0. The van der Waals surface area contributed by atoms with Crippen molar-refractivity contribution < 1.29 is 4.92 Å². The summed E-state index contributed by atoms with van der Waals surface area (Å²) in [7, 11) is 3.70. The molecule has 86 valence electrons. The Morgan fingerprint density at radius 2 is 2.06 bits per heavy atom. The van der Waals surface area contributed by atoms with Gasteiger partial charge in [0.15, 0.2) is 0 Å². The van der Waals surface area contributed by atoms with Crippen LogP contribution in [0.15, 0.2) is 18.3 Å². The zero-order chi connectivity index (χ0) is 12.3. The third kappa shape index (κ3) is 2.73. The number of nitro benzene ring substituents is 1. The largest absolute Gasteiger partial charge is 0.383 e. The van der Waals surface area contributed by atoms with Crippen molar-refractivity contribution in [3.05, 3.63) is 44.6 Å². The molecule has 5 heteroatoms. The van der Waals surface area contributed by atoms with Gasteiger partial charge in [-0.1, -0.05) is 11.6 Å². The van der Waals surface area contributed by atoms with Crippen LogP contribution in [0.1, 0.15) is 11.1 Å². The zero-order valence-electron chi connectivity index (χ0n) is 9.40. The molecule has 1 aromatic rings. The van der Waals surface area contributed by atoms with Gasteiger partial charge in [-0.2, -0.15) is 0 Å². The summed E-state index contributed by atoms with van der Waals surface area (Å²) in [6, 6.07) is 3.31. The second-order valence-electron chi connectivity index (χ2n) is 3.65. The van der Waals surface area contributed by atoms with E-state index in [1.807, 2.05) is 19.0 Å². The van der Waals surface area contributed by atoms with Crippen molar-refractivity contribution in [1.29, 1.82) is 0 Å². The van der Waals surface area contributed by atoms with Crippen molar-refractivity contribution in [1.82, 2.24) is 4.90 Å². The predicted molar refractivity (Wildman–Crippen MR) is 65.6 cm³/mol. The monoisotopic (exact) mass is 240 g/mol. The summed E-state index contributed by atoms with van der Waals surface area (Å²) in [5.41, 5.74) is 1.11. The summed E-state index contributed by atoms with van der Waals surface area (Å²) >= 11 is 5.85. The van der Waals surface area contributed by atoms with Crippen LogP contribution in [0.25, 0.3) is 6.08 Å². The lowest BCUT2D eigenvalue weighted by Crippen LogP contribution is -2.01. The molecule has 0 radical (unpaired) electrons. The Balaban J connectivity index is 3.29. The SMILES string of the molecule is Cc1c(Cl)ccc(/C=C/N(C)C)c1[N+](=O)[O-]. The Kier molecular flexibility index (Phi) is 3.90. The molecule has 0 amide bonds. The Morgan fingerprint density at radius 1 is 1.44 bits per heavy atom. The van der Waals surface area contributed by atoms with E-state index in [0.29, 0.717) is 16.1 Å². The minimum absolute atomic E-state index is 0.0607. The Morgan fingerprint density at radius 3 is 2.56 bits per heavy atom. The molecule has 1 aromatic carbocycles. The third-order valence-electron chi connectivity index (χ3n) is 2.13. The molecule has 0 aliphatic rings. The van der Waals surface area contributed by atoms with Crippen LogP contribution >= 0.6 is 11.6 Å². The van der Waals surface area contributed by atoms with Crippen molar-refractivity contribution in [3.63, 3.8) is 0 Å². The second-order valence-corrected chi connectivity index (χ2v) is 4.05. The molecular formula is C11H13ClN2O2. The smallest absolute Gasteiger partial charge is 0.280 e. The quantitative estimate of drug-likeness (QED) is 0.603. The van der Waals surface area contributed by atoms with Gasteiger partial charge < -0.3 is 4.90 Å². The van der Waals surface area contributed by atoms with Crippen molar-refractivity contribution in [2.24, 2.45) is 0 Å². The Labute approximate surface area is 99.3 Å². The number of halogens is 1. The fourth-order valence-corrected chi connectivity index (χ4v) is 1.46. The summed E-state index contributed by atoms with van der Waals surface area (Å²) in [6.45, 7) is 1.65. The van der Waals surface area contributed by atoms with E-state index in [0.717, 1.165) is 0 Å². The maximum atomic E-state index is 10.9. The summed E-state index contributed by atoms with van der Waals surface area (Å²) < 4.78 is 0. The van der Waals surface area contributed by atoms with E-state index in [-0.39, 0.29) is 5.69 Å². The van der Waals surface area contributed by atoms with Gasteiger partial charge in [-0.3, -0.25) is 10.1 Å². The summed E-state index contributed by atoms with van der Waals surface area (Å²) in [4.78, 5) is 12.3. The van der Waals surface area contributed by atoms with Gasteiger partial charge in [-0.25, -0.2) is 0 Å². The lowest BCUT2D eigenvalue weighted by atomic mass is 10.1. The van der Waals surface area contributed by atoms with E-state index < -0.39 is 4.92 Å². The molecular weight excluding hydrogens is 228 g/mol. The molecule has 0 saturated heterocycles. The first-order chi connectivity index (χ1) is 7.43. The predicted octanol–water partition coefficient (Wildman–Crippen LogP) is 3.09. The van der Waals surface area contributed by atoms with Crippen molar-refractivity contribution >= 4 is 23.4 Å². The number of nitrogens with zero attached hydrogens (tertiary/aromatic N) is 2. The highest BCUT2D eigenvalue weighted by Crippen LogP contribution is 2.30. The Hall–Kier alpha value is -1.55. The number of hydrogen-bond donors (Lipinski definition) is 0. The van der Waals surface area contributed by atoms with Gasteiger partial charge in [0.1, 0.15) is 0 Å². The van der Waals surface area contributed by atoms with Gasteiger partial charge in [0.25, 0.3) is 5.69 Å². The number of nitro groups is 1. The fraction of sp³-hybridized carbons (Fsp3) is 0.273. The molecule has 0 fully saturated rings. The molecule has 0 atom stereocenters. The van der Waals surface area contributed by atoms with Crippen LogP contribution in [-0.2, 0) is 0 Å². The topological polar surface area (TPSA) is 46.4 Å². The van der Waals surface area contributed by atoms with Gasteiger partial charge in [-0.15, -0.1) is 0 Å². The van der Waals surface area contributed by atoms with Gasteiger partial charge in [0.2, 0.25) is 0 Å². The first-order valence-corrected chi connectivity index (χ1v) is 5.09. The van der Waals surface area contributed by atoms with Crippen LogP contribution in [0.3, 0.4) is 0 Å². The minimum atomic E-state index is -0.406. The van der Waals surface area contributed by atoms with E-state index in [1.54, 1.807) is 31.3 Å². The lowest BCUT2D eigenvalue weighted by molar-refractivity contribution is -0.385. The normalized spacial score (nSPS) is 10.8. The maximum Gasteiger partial charge on any atom is 0.280 e. The number of hydrogen-bond acceptors (Lipinski definition) is 3. The van der Waals surface area contributed by atoms with Crippen LogP contribution < -0.4 is 0 Å². The molecule has 0 heterocycles. The second kappa shape index (κ2) is 4.99. The van der Waals surface area contributed by atoms with Gasteiger partial charge in [0.05, 0.1) is 15.5 Å². The van der Waals surface area contributed by atoms with Crippen LogP contribution in [0.2, 0.25) is 5.02 Å². The van der Waals surface area contributed by atoms with Crippen LogP contribution in [0.5, 0.6) is 0 Å². The molecule has 16 heavy (non-hydrogen) atoms. The van der Waals surface area contributed by atoms with E-state index in [9.17, 15) is 10.1 Å². The highest BCUT2D eigenvalue weighted by atomic mass is 35.5. The molecule has 0 aliphatic heterocycles. The lowest BCUT2D eigenvalue weighted by Gasteiger charge is -2.06. The number of rotatable bonds is 3. The van der Waals surface area contributed by atoms with Crippen LogP contribution in [-0.4, -0.2) is 23.9 Å². The molecule has 0 spiro atoms. The summed E-state index contributed by atoms with van der Waals surface area (Å²) in [5, 5.41) is 11.3. The van der Waals surface area contributed by atoms with Gasteiger partial charge in [-0.05, 0) is 31.3 Å². The fourth-order valence-electron chi connectivity index (χ4n) is 1.30. The highest BCUT2D eigenvalue weighted by molar-refractivity contribution is 6.31. The van der Waals surface area contributed by atoms with E-state index in [4.69, 9.17) is 11.6 Å². The molecule has 4 nitrogen and oxygen atoms in total. The van der Waals surface area contributed by atoms with E-state index >= 15 is 0 Å².